The zero-order valence-electron chi connectivity index (χ0n) is 11.3. The second kappa shape index (κ2) is 5.97. The molecule has 1 aromatic rings. The summed E-state index contributed by atoms with van der Waals surface area (Å²) >= 11 is 0. The molecule has 0 bridgehead atoms. The van der Waals surface area contributed by atoms with Gasteiger partial charge in [-0.25, -0.2) is 17.9 Å². The van der Waals surface area contributed by atoms with Crippen LogP contribution in [0, 0.1) is 0 Å². The fourth-order valence-electron chi connectivity index (χ4n) is 2.17. The van der Waals surface area contributed by atoms with Crippen LogP contribution in [0.3, 0.4) is 0 Å². The Morgan fingerprint density at radius 1 is 1.29 bits per heavy atom. The van der Waals surface area contributed by atoms with Gasteiger partial charge in [0, 0.05) is 6.08 Å². The minimum absolute atomic E-state index is 0.0923. The summed E-state index contributed by atoms with van der Waals surface area (Å²) in [4.78, 5) is 10.5. The Hall–Kier alpha value is -1.70. The lowest BCUT2D eigenvalue weighted by atomic mass is 9.78. The Kier molecular flexibility index (Phi) is 4.46. The Bertz CT molecular complexity index is 639. The van der Waals surface area contributed by atoms with Gasteiger partial charge in [0.15, 0.2) is 0 Å². The maximum Gasteiger partial charge on any atom is 0.328 e. The van der Waals surface area contributed by atoms with Crippen LogP contribution in [0.1, 0.15) is 24.8 Å². The minimum atomic E-state index is -3.69. The highest BCUT2D eigenvalue weighted by Gasteiger charge is 2.40. The molecule has 0 spiro atoms. The van der Waals surface area contributed by atoms with E-state index in [4.69, 9.17) is 5.11 Å². The maximum absolute atomic E-state index is 12.2. The molecule has 0 unspecified atom stereocenters. The van der Waals surface area contributed by atoms with E-state index in [-0.39, 0.29) is 11.5 Å². The zero-order valence-corrected chi connectivity index (χ0v) is 12.1. The van der Waals surface area contributed by atoms with Crippen molar-refractivity contribution in [1.82, 2.24) is 4.72 Å². The lowest BCUT2D eigenvalue weighted by molar-refractivity contribution is -0.131. The van der Waals surface area contributed by atoms with Crippen LogP contribution in [0.2, 0.25) is 0 Å². The molecular weight excluding hydrogens is 294 g/mol. The fourth-order valence-corrected chi connectivity index (χ4v) is 3.62. The number of aliphatic carboxylic acids is 1. The fraction of sp³-hybridized carbons (Fsp3) is 0.357. The first kappa shape index (κ1) is 15.7. The number of sulfonamides is 1. The highest BCUT2D eigenvalue weighted by molar-refractivity contribution is 7.89. The summed E-state index contributed by atoms with van der Waals surface area (Å²) in [5, 5.41) is 17.9. The molecule has 1 saturated carbocycles. The molecule has 1 fully saturated rings. The Morgan fingerprint density at radius 3 is 2.33 bits per heavy atom. The van der Waals surface area contributed by atoms with Gasteiger partial charge in [-0.1, -0.05) is 12.1 Å². The molecule has 0 aliphatic heterocycles. The van der Waals surface area contributed by atoms with E-state index in [1.165, 1.54) is 30.3 Å². The molecule has 1 aromatic carbocycles. The Balaban J connectivity index is 2.15. The van der Waals surface area contributed by atoms with Crippen LogP contribution >= 0.6 is 0 Å². The van der Waals surface area contributed by atoms with Gasteiger partial charge >= 0.3 is 5.97 Å². The molecule has 3 N–H and O–H groups in total. The molecule has 7 heteroatoms. The molecule has 0 heterocycles. The van der Waals surface area contributed by atoms with Gasteiger partial charge in [-0.15, -0.1) is 0 Å². The zero-order chi connectivity index (χ0) is 15.5. The number of carbonyl (C=O) groups is 1. The second-order valence-electron chi connectivity index (χ2n) is 5.14. The SMILES string of the molecule is O=C(O)/C=C/c1ccc(S(=O)(=O)NC2(CO)CCC2)cc1. The number of carboxylic acid groups (broad SMARTS) is 1. The number of carboxylic acids is 1. The van der Waals surface area contributed by atoms with E-state index in [0.717, 1.165) is 12.5 Å². The van der Waals surface area contributed by atoms with Gasteiger partial charge in [0.05, 0.1) is 17.0 Å². The minimum Gasteiger partial charge on any atom is -0.478 e. The van der Waals surface area contributed by atoms with Crippen molar-refractivity contribution < 1.29 is 23.4 Å². The van der Waals surface area contributed by atoms with Gasteiger partial charge in [-0.05, 0) is 43.0 Å². The molecule has 1 aliphatic rings. The van der Waals surface area contributed by atoms with Crippen molar-refractivity contribution in [3.63, 3.8) is 0 Å². The summed E-state index contributed by atoms with van der Waals surface area (Å²) in [6, 6.07) is 5.88. The van der Waals surface area contributed by atoms with Crippen molar-refractivity contribution in [2.24, 2.45) is 0 Å². The number of benzene rings is 1. The molecule has 0 amide bonds. The van der Waals surface area contributed by atoms with Crippen molar-refractivity contribution in [3.8, 4) is 0 Å². The Morgan fingerprint density at radius 2 is 1.90 bits per heavy atom. The number of hydrogen-bond acceptors (Lipinski definition) is 4. The highest BCUT2D eigenvalue weighted by Crippen LogP contribution is 2.32. The van der Waals surface area contributed by atoms with Gasteiger partial charge in [0.25, 0.3) is 0 Å². The van der Waals surface area contributed by atoms with E-state index >= 15 is 0 Å². The van der Waals surface area contributed by atoms with Gasteiger partial charge < -0.3 is 10.2 Å². The van der Waals surface area contributed by atoms with Crippen LogP contribution < -0.4 is 4.72 Å². The predicted molar refractivity (Wildman–Crippen MR) is 77.1 cm³/mol. The van der Waals surface area contributed by atoms with Crippen molar-refractivity contribution in [2.45, 2.75) is 29.7 Å². The van der Waals surface area contributed by atoms with Crippen LogP contribution in [-0.4, -0.2) is 36.7 Å². The van der Waals surface area contributed by atoms with Crippen LogP contribution in [-0.2, 0) is 14.8 Å². The van der Waals surface area contributed by atoms with Crippen LogP contribution in [0.25, 0.3) is 6.08 Å². The summed E-state index contributed by atoms with van der Waals surface area (Å²) in [6.07, 6.45) is 4.51. The first-order valence-electron chi connectivity index (χ1n) is 6.53. The molecule has 21 heavy (non-hydrogen) atoms. The number of aliphatic hydroxyl groups is 1. The number of rotatable bonds is 6. The van der Waals surface area contributed by atoms with E-state index in [1.54, 1.807) is 0 Å². The molecule has 114 valence electrons. The predicted octanol–water partition coefficient (Wildman–Crippen LogP) is 0.978. The Labute approximate surface area is 123 Å². The standard InChI is InChI=1S/C14H17NO5S/c16-10-14(8-1-9-14)15-21(19,20)12-5-2-11(3-6-12)4-7-13(17)18/h2-7,15-16H,1,8-10H2,(H,17,18)/b7-4+. The summed E-state index contributed by atoms with van der Waals surface area (Å²) in [5.41, 5.74) is -0.141. The number of aliphatic hydroxyl groups excluding tert-OH is 1. The molecule has 6 nitrogen and oxygen atoms in total. The van der Waals surface area contributed by atoms with Crippen LogP contribution in [0.15, 0.2) is 35.2 Å². The molecule has 2 rings (SSSR count). The molecular formula is C14H17NO5S. The third-order valence-electron chi connectivity index (χ3n) is 3.57. The molecule has 0 saturated heterocycles. The van der Waals surface area contributed by atoms with Crippen molar-refractivity contribution in [2.75, 3.05) is 6.61 Å². The molecule has 0 atom stereocenters. The van der Waals surface area contributed by atoms with Crippen molar-refractivity contribution in [3.05, 3.63) is 35.9 Å². The van der Waals surface area contributed by atoms with E-state index in [1.807, 2.05) is 0 Å². The van der Waals surface area contributed by atoms with Gasteiger partial charge in [0.2, 0.25) is 10.0 Å². The summed E-state index contributed by atoms with van der Waals surface area (Å²) < 4.78 is 27.0. The monoisotopic (exact) mass is 311 g/mol. The van der Waals surface area contributed by atoms with Gasteiger partial charge in [0.1, 0.15) is 0 Å². The summed E-state index contributed by atoms with van der Waals surface area (Å²) in [6.45, 7) is -0.217. The van der Waals surface area contributed by atoms with E-state index in [9.17, 15) is 18.3 Å². The molecule has 1 aliphatic carbocycles. The summed E-state index contributed by atoms with van der Waals surface area (Å²) in [7, 11) is -3.69. The highest BCUT2D eigenvalue weighted by atomic mass is 32.2. The smallest absolute Gasteiger partial charge is 0.328 e. The van der Waals surface area contributed by atoms with Crippen LogP contribution in [0.5, 0.6) is 0 Å². The lowest BCUT2D eigenvalue weighted by Gasteiger charge is -2.40. The van der Waals surface area contributed by atoms with E-state index in [2.05, 4.69) is 4.72 Å². The molecule has 0 radical (unpaired) electrons. The lowest BCUT2D eigenvalue weighted by Crippen LogP contribution is -2.55. The normalized spacial score (nSPS) is 17.6. The summed E-state index contributed by atoms with van der Waals surface area (Å²) in [5.74, 6) is -1.07. The maximum atomic E-state index is 12.2. The van der Waals surface area contributed by atoms with Gasteiger partial charge in [-0.3, -0.25) is 0 Å². The first-order valence-corrected chi connectivity index (χ1v) is 8.01. The van der Waals surface area contributed by atoms with E-state index in [0.29, 0.717) is 18.4 Å². The van der Waals surface area contributed by atoms with Crippen LogP contribution in [0.4, 0.5) is 0 Å². The second-order valence-corrected chi connectivity index (χ2v) is 6.82. The average molecular weight is 311 g/mol. The quantitative estimate of drug-likeness (QED) is 0.679. The number of nitrogens with one attached hydrogen (secondary N) is 1. The average Bonchev–Trinajstić information content (AvgIpc) is 2.41. The third-order valence-corrected chi connectivity index (χ3v) is 5.17. The largest absolute Gasteiger partial charge is 0.478 e. The van der Waals surface area contributed by atoms with Crippen molar-refractivity contribution in [1.29, 1.82) is 0 Å². The number of hydrogen-bond donors (Lipinski definition) is 3. The van der Waals surface area contributed by atoms with Gasteiger partial charge in [-0.2, -0.15) is 0 Å². The molecule has 0 aromatic heterocycles. The first-order chi connectivity index (χ1) is 9.87. The topological polar surface area (TPSA) is 104 Å². The van der Waals surface area contributed by atoms with E-state index < -0.39 is 21.5 Å². The van der Waals surface area contributed by atoms with Crippen molar-refractivity contribution >= 4 is 22.1 Å². The third kappa shape index (κ3) is 3.69.